The Bertz CT molecular complexity index is 1290. The average molecular weight is 432 g/mol. The summed E-state index contributed by atoms with van der Waals surface area (Å²) in [6.45, 7) is 1.89. The van der Waals surface area contributed by atoms with Crippen LogP contribution < -0.4 is 10.5 Å². The van der Waals surface area contributed by atoms with Crippen molar-refractivity contribution in [2.45, 2.75) is 25.1 Å². The summed E-state index contributed by atoms with van der Waals surface area (Å²) in [5, 5.41) is 0.368. The third kappa shape index (κ3) is 3.90. The zero-order valence-electron chi connectivity index (χ0n) is 15.6. The number of carbonyl (C=O) groups excluding carboxylic acids is 1. The molecule has 0 aliphatic carbocycles. The van der Waals surface area contributed by atoms with E-state index in [1.165, 1.54) is 21.6 Å². The lowest BCUT2D eigenvalue weighted by molar-refractivity contribution is -0.116. The van der Waals surface area contributed by atoms with Gasteiger partial charge in [-0.05, 0) is 37.1 Å². The molecular weight excluding hydrogens is 414 g/mol. The van der Waals surface area contributed by atoms with Gasteiger partial charge in [-0.25, -0.2) is 13.4 Å². The first kappa shape index (κ1) is 19.6. The molecule has 1 unspecified atom stereocenters. The highest BCUT2D eigenvalue weighted by Gasteiger charge is 2.33. The molecule has 150 valence electrons. The van der Waals surface area contributed by atoms with Crippen molar-refractivity contribution >= 4 is 38.7 Å². The molecule has 3 aromatic rings. The number of hydrogen-bond acceptors (Lipinski definition) is 5. The maximum Gasteiger partial charge on any atom is 0.258 e. The van der Waals surface area contributed by atoms with Gasteiger partial charge in [-0.2, -0.15) is 0 Å². The maximum atomic E-state index is 12.8. The first-order chi connectivity index (χ1) is 13.7. The average Bonchev–Trinajstić information content (AvgIpc) is 2.97. The van der Waals surface area contributed by atoms with E-state index >= 15 is 0 Å². The van der Waals surface area contributed by atoms with E-state index in [0.717, 1.165) is 17.3 Å². The van der Waals surface area contributed by atoms with Gasteiger partial charge in [0.25, 0.3) is 5.56 Å². The number of carbonyl (C=O) groups is 1. The van der Waals surface area contributed by atoms with E-state index in [9.17, 15) is 18.0 Å². The van der Waals surface area contributed by atoms with Crippen molar-refractivity contribution in [2.75, 3.05) is 10.7 Å². The summed E-state index contributed by atoms with van der Waals surface area (Å²) < 4.78 is 26.6. The standard InChI is InChI=1S/C20H18ClN3O4S/c1-13-8-14-4-2-3-5-17(14)24(13)20(26)12-29(27,28)11-16-9-19(25)23-10-15(21)6-7-18(23)22-16/h2-7,9-10,13H,8,11-12H2,1H3. The summed E-state index contributed by atoms with van der Waals surface area (Å²) in [5.41, 5.74) is 1.73. The third-order valence-corrected chi connectivity index (χ3v) is 6.51. The van der Waals surface area contributed by atoms with Crippen molar-refractivity contribution in [3.05, 3.63) is 75.3 Å². The zero-order chi connectivity index (χ0) is 20.8. The number of para-hydroxylation sites is 1. The highest BCUT2D eigenvalue weighted by molar-refractivity contribution is 7.91. The summed E-state index contributed by atoms with van der Waals surface area (Å²) in [6, 6.07) is 11.6. The van der Waals surface area contributed by atoms with Gasteiger partial charge in [0, 0.05) is 24.0 Å². The number of hydrogen-bond donors (Lipinski definition) is 0. The number of benzene rings is 1. The van der Waals surface area contributed by atoms with E-state index in [-0.39, 0.29) is 11.7 Å². The van der Waals surface area contributed by atoms with Crippen molar-refractivity contribution < 1.29 is 13.2 Å². The normalized spacial score (nSPS) is 16.2. The van der Waals surface area contributed by atoms with Gasteiger partial charge < -0.3 is 4.90 Å². The van der Waals surface area contributed by atoms with Crippen LogP contribution in [0.5, 0.6) is 0 Å². The molecule has 1 aromatic carbocycles. The fraction of sp³-hybridized carbons (Fsp3) is 0.250. The monoisotopic (exact) mass is 431 g/mol. The molecule has 1 atom stereocenters. The minimum absolute atomic E-state index is 0.0972. The van der Waals surface area contributed by atoms with E-state index in [1.807, 2.05) is 31.2 Å². The fourth-order valence-corrected chi connectivity index (χ4v) is 5.06. The first-order valence-electron chi connectivity index (χ1n) is 9.02. The van der Waals surface area contributed by atoms with Crippen molar-refractivity contribution in [2.24, 2.45) is 0 Å². The van der Waals surface area contributed by atoms with Crippen LogP contribution in [0.15, 0.2) is 53.5 Å². The van der Waals surface area contributed by atoms with Gasteiger partial charge in [0.1, 0.15) is 11.4 Å². The molecule has 1 aliphatic heterocycles. The second-order valence-corrected chi connectivity index (χ2v) is 9.64. The summed E-state index contributed by atoms with van der Waals surface area (Å²) >= 11 is 5.88. The molecule has 1 aliphatic rings. The Hall–Kier alpha value is -2.71. The minimum Gasteiger partial charge on any atom is -0.308 e. The highest BCUT2D eigenvalue weighted by Crippen LogP contribution is 2.32. The molecule has 4 rings (SSSR count). The van der Waals surface area contributed by atoms with Crippen LogP contribution in [0.25, 0.3) is 5.65 Å². The molecule has 0 radical (unpaired) electrons. The Balaban J connectivity index is 1.57. The van der Waals surface area contributed by atoms with Gasteiger partial charge in [-0.15, -0.1) is 0 Å². The molecule has 3 heterocycles. The topological polar surface area (TPSA) is 88.8 Å². The van der Waals surface area contributed by atoms with Gasteiger partial charge in [0.05, 0.1) is 16.5 Å². The summed E-state index contributed by atoms with van der Waals surface area (Å²) in [6.07, 6.45) is 2.10. The van der Waals surface area contributed by atoms with Crippen LogP contribution in [0.1, 0.15) is 18.2 Å². The smallest absolute Gasteiger partial charge is 0.258 e. The largest absolute Gasteiger partial charge is 0.308 e. The van der Waals surface area contributed by atoms with Crippen LogP contribution in [0.2, 0.25) is 5.02 Å². The number of halogens is 1. The number of anilines is 1. The van der Waals surface area contributed by atoms with Crippen LogP contribution in [0, 0.1) is 0 Å². The summed E-state index contributed by atoms with van der Waals surface area (Å²) in [5.74, 6) is -1.61. The van der Waals surface area contributed by atoms with Crippen LogP contribution >= 0.6 is 11.6 Å². The second-order valence-electron chi connectivity index (χ2n) is 7.14. The predicted octanol–water partition coefficient (Wildman–Crippen LogP) is 2.24. The van der Waals surface area contributed by atoms with E-state index in [2.05, 4.69) is 4.98 Å². The fourth-order valence-electron chi connectivity index (χ4n) is 3.68. The number of amides is 1. The number of sulfone groups is 1. The minimum atomic E-state index is -3.82. The SMILES string of the molecule is CC1Cc2ccccc2N1C(=O)CS(=O)(=O)Cc1cc(=O)n2cc(Cl)ccc2n1. The first-order valence-corrected chi connectivity index (χ1v) is 11.2. The lowest BCUT2D eigenvalue weighted by Gasteiger charge is -2.22. The molecule has 7 nitrogen and oxygen atoms in total. The Kier molecular flexibility index (Phi) is 4.92. The van der Waals surface area contributed by atoms with Crippen molar-refractivity contribution in [1.82, 2.24) is 9.38 Å². The number of pyridine rings is 1. The second kappa shape index (κ2) is 7.27. The third-order valence-electron chi connectivity index (χ3n) is 4.86. The highest BCUT2D eigenvalue weighted by atomic mass is 35.5. The van der Waals surface area contributed by atoms with E-state index < -0.39 is 32.8 Å². The summed E-state index contributed by atoms with van der Waals surface area (Å²) in [7, 11) is -3.82. The Labute approximate surface area is 172 Å². The molecule has 0 N–H and O–H groups in total. The Morgan fingerprint density at radius 3 is 2.79 bits per heavy atom. The molecule has 9 heteroatoms. The number of rotatable bonds is 4. The van der Waals surface area contributed by atoms with Gasteiger partial charge in [-0.1, -0.05) is 29.8 Å². The summed E-state index contributed by atoms with van der Waals surface area (Å²) in [4.78, 5) is 30.8. The number of aromatic nitrogens is 2. The van der Waals surface area contributed by atoms with E-state index in [1.54, 1.807) is 6.07 Å². The molecular formula is C20H18ClN3O4S. The van der Waals surface area contributed by atoms with Crippen LogP contribution in [0.3, 0.4) is 0 Å². The van der Waals surface area contributed by atoms with Gasteiger partial charge in [-0.3, -0.25) is 14.0 Å². The lowest BCUT2D eigenvalue weighted by Crippen LogP contribution is -2.39. The molecule has 0 saturated carbocycles. The maximum absolute atomic E-state index is 12.8. The predicted molar refractivity (Wildman–Crippen MR) is 111 cm³/mol. The van der Waals surface area contributed by atoms with E-state index in [0.29, 0.717) is 17.1 Å². The Morgan fingerprint density at radius 2 is 2.00 bits per heavy atom. The van der Waals surface area contributed by atoms with Gasteiger partial charge >= 0.3 is 0 Å². The van der Waals surface area contributed by atoms with Crippen LogP contribution in [-0.2, 0) is 26.8 Å². The van der Waals surface area contributed by atoms with Crippen LogP contribution in [0.4, 0.5) is 5.69 Å². The Morgan fingerprint density at radius 1 is 1.24 bits per heavy atom. The van der Waals surface area contributed by atoms with Crippen molar-refractivity contribution in [3.63, 3.8) is 0 Å². The van der Waals surface area contributed by atoms with Gasteiger partial charge in [0.2, 0.25) is 5.91 Å². The molecule has 0 spiro atoms. The molecule has 2 aromatic heterocycles. The number of nitrogens with zero attached hydrogens (tertiary/aromatic N) is 3. The molecule has 1 amide bonds. The van der Waals surface area contributed by atoms with E-state index in [4.69, 9.17) is 11.6 Å². The molecule has 0 bridgehead atoms. The van der Waals surface area contributed by atoms with Crippen molar-refractivity contribution in [1.29, 1.82) is 0 Å². The molecule has 0 saturated heterocycles. The zero-order valence-corrected chi connectivity index (χ0v) is 17.2. The van der Waals surface area contributed by atoms with Crippen LogP contribution in [-0.4, -0.2) is 35.5 Å². The van der Waals surface area contributed by atoms with Gasteiger partial charge in [0.15, 0.2) is 9.84 Å². The van der Waals surface area contributed by atoms with Crippen molar-refractivity contribution in [3.8, 4) is 0 Å². The molecule has 29 heavy (non-hydrogen) atoms. The number of fused-ring (bicyclic) bond motifs is 2. The lowest BCUT2D eigenvalue weighted by atomic mass is 10.1. The quantitative estimate of drug-likeness (QED) is 0.632. The molecule has 0 fully saturated rings.